The molecule has 54 heavy (non-hydrogen) atoms. The van der Waals surface area contributed by atoms with E-state index in [4.69, 9.17) is 4.74 Å². The van der Waals surface area contributed by atoms with Crippen molar-refractivity contribution < 1.29 is 22.7 Å². The number of piperidine rings is 1. The number of nitrogens with one attached hydrogen (secondary N) is 1. The molecule has 286 valence electrons. The van der Waals surface area contributed by atoms with E-state index in [1.54, 1.807) is 33.2 Å². The summed E-state index contributed by atoms with van der Waals surface area (Å²) in [5.41, 5.74) is 7.78. The summed E-state index contributed by atoms with van der Waals surface area (Å²) in [6, 6.07) is 12.3. The van der Waals surface area contributed by atoms with Crippen molar-refractivity contribution in [2.24, 2.45) is 7.05 Å². The van der Waals surface area contributed by atoms with Gasteiger partial charge >= 0.3 is 0 Å². The van der Waals surface area contributed by atoms with Crippen LogP contribution in [0.2, 0.25) is 0 Å². The molecule has 12 heteroatoms. The normalized spacial score (nSPS) is 18.8. The third-order valence-corrected chi connectivity index (χ3v) is 14.0. The summed E-state index contributed by atoms with van der Waals surface area (Å²) in [7, 11) is -0.265. The average Bonchev–Trinajstić information content (AvgIpc) is 3.90. The molecule has 0 spiro atoms. The summed E-state index contributed by atoms with van der Waals surface area (Å²) in [4.78, 5) is 32.5. The molecule has 2 saturated heterocycles. The number of benzene rings is 2. The number of aromatic nitrogens is 3. The van der Waals surface area contributed by atoms with Crippen LogP contribution in [0.1, 0.15) is 115 Å². The quantitative estimate of drug-likeness (QED) is 0.210. The Hall–Kier alpha value is -4.42. The van der Waals surface area contributed by atoms with Crippen molar-refractivity contribution in [1.82, 2.24) is 28.9 Å². The summed E-state index contributed by atoms with van der Waals surface area (Å²) < 4.78 is 37.6. The van der Waals surface area contributed by atoms with E-state index in [1.165, 1.54) is 24.8 Å². The van der Waals surface area contributed by atoms with Gasteiger partial charge in [0.2, 0.25) is 10.0 Å². The lowest BCUT2D eigenvalue weighted by Gasteiger charge is -2.36. The van der Waals surface area contributed by atoms with Gasteiger partial charge in [0, 0.05) is 48.2 Å². The Morgan fingerprint density at radius 2 is 1.65 bits per heavy atom. The van der Waals surface area contributed by atoms with Crippen molar-refractivity contribution in [3.63, 3.8) is 0 Å². The van der Waals surface area contributed by atoms with E-state index < -0.39 is 21.2 Å². The molecule has 11 nitrogen and oxygen atoms in total. The van der Waals surface area contributed by atoms with Crippen LogP contribution >= 0.6 is 0 Å². The van der Waals surface area contributed by atoms with Gasteiger partial charge in [-0.3, -0.25) is 14.3 Å². The highest BCUT2D eigenvalue weighted by molar-refractivity contribution is 7.90. The molecular weight excluding hydrogens is 701 g/mol. The van der Waals surface area contributed by atoms with Crippen LogP contribution in [0.4, 0.5) is 0 Å². The lowest BCUT2D eigenvalue weighted by molar-refractivity contribution is 0.0644. The minimum Gasteiger partial charge on any atom is -0.497 e. The van der Waals surface area contributed by atoms with E-state index in [0.717, 1.165) is 109 Å². The topological polar surface area (TPSA) is 119 Å². The van der Waals surface area contributed by atoms with Crippen molar-refractivity contribution in [3.05, 3.63) is 70.5 Å². The average molecular weight is 753 g/mol. The molecule has 2 aromatic heterocycles. The van der Waals surface area contributed by atoms with E-state index in [1.807, 2.05) is 34.8 Å². The minimum atomic E-state index is -3.83. The van der Waals surface area contributed by atoms with Crippen molar-refractivity contribution in [3.8, 4) is 17.0 Å². The number of aryl methyl sites for hydroxylation is 1. The first-order valence-electron chi connectivity index (χ1n) is 19.7. The number of carbonyl (C=O) groups is 2. The number of rotatable bonds is 8. The number of nitrogens with zero attached hydrogens (tertiary/aromatic N) is 5. The monoisotopic (exact) mass is 752 g/mol. The summed E-state index contributed by atoms with van der Waals surface area (Å²) in [6.07, 6.45) is 14.0. The zero-order valence-electron chi connectivity index (χ0n) is 31.9. The number of sulfonamides is 1. The Bertz CT molecular complexity index is 2230. The third kappa shape index (κ3) is 6.65. The lowest BCUT2D eigenvalue weighted by Crippen LogP contribution is -2.46. The second-order valence-electron chi connectivity index (χ2n) is 15.9. The number of ether oxygens (including phenoxy) is 1. The third-order valence-electron chi connectivity index (χ3n) is 12.3. The molecule has 1 N–H and O–H groups in total. The number of hydrogen-bond donors (Lipinski definition) is 1. The fourth-order valence-electron chi connectivity index (χ4n) is 9.32. The van der Waals surface area contributed by atoms with Gasteiger partial charge in [-0.2, -0.15) is 5.10 Å². The summed E-state index contributed by atoms with van der Waals surface area (Å²) in [5, 5.41) is 4.98. The second kappa shape index (κ2) is 14.7. The van der Waals surface area contributed by atoms with Crippen molar-refractivity contribution in [2.45, 2.75) is 95.4 Å². The number of methoxy groups -OCH3 is 1. The summed E-state index contributed by atoms with van der Waals surface area (Å²) >= 11 is 0. The zero-order valence-corrected chi connectivity index (χ0v) is 32.8. The van der Waals surface area contributed by atoms with Gasteiger partial charge in [0.25, 0.3) is 11.8 Å². The van der Waals surface area contributed by atoms with Crippen LogP contribution in [0, 0.1) is 0 Å². The van der Waals surface area contributed by atoms with Crippen LogP contribution in [0.3, 0.4) is 0 Å². The van der Waals surface area contributed by atoms with E-state index in [9.17, 15) is 18.0 Å². The first kappa shape index (κ1) is 36.6. The Balaban J connectivity index is 1.25. The fraction of sp³-hybridized carbons (Fsp3) is 0.500. The molecule has 2 amide bonds. The molecule has 3 aliphatic heterocycles. The van der Waals surface area contributed by atoms with Crippen LogP contribution in [-0.4, -0.2) is 89.0 Å². The maximum atomic E-state index is 14.4. The molecule has 0 radical (unpaired) electrons. The SMILES string of the molecule is COc1ccc2c(c1)C=C(c1c(C(=O)N3CCC(N4CCCC4)CC3)cnn1C)Cn1c-2c(C2CCCCC2)c2ccc(C(=O)NS(=O)(=O)C(C)C)cc21. The number of carbonyl (C=O) groups excluding carboxylic acids is 2. The van der Waals surface area contributed by atoms with Gasteiger partial charge in [0.05, 0.1) is 42.1 Å². The van der Waals surface area contributed by atoms with Crippen LogP contribution < -0.4 is 9.46 Å². The first-order valence-corrected chi connectivity index (χ1v) is 21.3. The van der Waals surface area contributed by atoms with Gasteiger partial charge in [-0.25, -0.2) is 13.1 Å². The Labute approximate surface area is 318 Å². The maximum Gasteiger partial charge on any atom is 0.264 e. The van der Waals surface area contributed by atoms with Crippen molar-refractivity contribution in [2.75, 3.05) is 33.3 Å². The molecule has 1 aliphatic carbocycles. The van der Waals surface area contributed by atoms with Gasteiger partial charge in [-0.15, -0.1) is 0 Å². The molecule has 0 unspecified atom stereocenters. The molecule has 5 heterocycles. The Morgan fingerprint density at radius 3 is 2.35 bits per heavy atom. The standard InChI is InChI=1S/C42H52N6O5S/c1-27(2)54(51,52)44-41(49)29-12-14-35-37(24-29)48-26-31(22-30-23-33(53-4)13-15-34(30)40(48)38(35)28-10-6-5-7-11-28)39-36(25-43-45(39)3)42(50)47-20-16-32(17-21-47)46-18-8-9-19-46/h12-15,22-25,27-28,32H,5-11,16-21,26H2,1-4H3,(H,44,49). The number of likely N-dealkylation sites (tertiary alicyclic amines) is 2. The van der Waals surface area contributed by atoms with E-state index in [0.29, 0.717) is 24.1 Å². The van der Waals surface area contributed by atoms with Gasteiger partial charge in [0.1, 0.15) is 5.75 Å². The van der Waals surface area contributed by atoms with Crippen molar-refractivity contribution in [1.29, 1.82) is 0 Å². The van der Waals surface area contributed by atoms with E-state index in [2.05, 4.69) is 37.5 Å². The highest BCUT2D eigenvalue weighted by Crippen LogP contribution is 2.48. The van der Waals surface area contributed by atoms with Crippen LogP contribution in [-0.2, 0) is 23.6 Å². The molecule has 4 aromatic rings. The predicted molar refractivity (Wildman–Crippen MR) is 212 cm³/mol. The maximum absolute atomic E-state index is 14.4. The summed E-state index contributed by atoms with van der Waals surface area (Å²) in [6.45, 7) is 7.29. The smallest absolute Gasteiger partial charge is 0.264 e. The van der Waals surface area contributed by atoms with E-state index in [-0.39, 0.29) is 11.5 Å². The second-order valence-corrected chi connectivity index (χ2v) is 18.1. The molecule has 1 saturated carbocycles. The van der Waals surface area contributed by atoms with Gasteiger partial charge in [-0.05, 0) is 124 Å². The molecule has 8 rings (SSSR count). The lowest BCUT2D eigenvalue weighted by atomic mass is 9.81. The fourth-order valence-corrected chi connectivity index (χ4v) is 9.93. The van der Waals surface area contributed by atoms with Gasteiger partial charge < -0.3 is 19.1 Å². The van der Waals surface area contributed by atoms with Crippen LogP contribution in [0.25, 0.3) is 33.8 Å². The largest absolute Gasteiger partial charge is 0.497 e. The number of allylic oxidation sites excluding steroid dienone is 1. The number of amides is 2. The predicted octanol–water partition coefficient (Wildman–Crippen LogP) is 6.82. The van der Waals surface area contributed by atoms with E-state index >= 15 is 0 Å². The molecule has 3 fully saturated rings. The van der Waals surface area contributed by atoms with Gasteiger partial charge in [0.15, 0.2) is 0 Å². The minimum absolute atomic E-state index is 0.000198. The molecule has 4 aliphatic rings. The number of hydrogen-bond acceptors (Lipinski definition) is 7. The summed E-state index contributed by atoms with van der Waals surface area (Å²) in [5.74, 6) is 0.413. The van der Waals surface area contributed by atoms with Gasteiger partial charge in [-0.1, -0.05) is 25.3 Å². The highest BCUT2D eigenvalue weighted by Gasteiger charge is 2.34. The van der Waals surface area contributed by atoms with Crippen LogP contribution in [0.15, 0.2) is 42.6 Å². The highest BCUT2D eigenvalue weighted by atomic mass is 32.2. The van der Waals surface area contributed by atoms with Crippen molar-refractivity contribution >= 4 is 44.4 Å². The molecule has 0 bridgehead atoms. The Morgan fingerprint density at radius 1 is 0.907 bits per heavy atom. The number of fused-ring (bicyclic) bond motifs is 5. The van der Waals surface area contributed by atoms with Crippen LogP contribution in [0.5, 0.6) is 5.75 Å². The zero-order chi connectivity index (χ0) is 37.7. The first-order chi connectivity index (χ1) is 26.0. The molecule has 2 aromatic carbocycles. The Kier molecular flexibility index (Phi) is 9.93. The molecule has 0 atom stereocenters. The molecular formula is C42H52N6O5S.